The number of hydrogen-bond acceptors (Lipinski definition) is 4. The van der Waals surface area contributed by atoms with Crippen LogP contribution in [0.15, 0.2) is 4.42 Å². The number of fused-ring (bicyclic) bond motifs is 1. The van der Waals surface area contributed by atoms with Crippen molar-refractivity contribution >= 4 is 16.9 Å². The molecule has 0 spiro atoms. The molecular formula is C16H16F4NO4+. The van der Waals surface area contributed by atoms with Crippen molar-refractivity contribution in [1.82, 2.24) is 0 Å². The summed E-state index contributed by atoms with van der Waals surface area (Å²) in [6, 6.07) is 0. The van der Waals surface area contributed by atoms with Crippen LogP contribution in [0, 0.1) is 23.3 Å². The maximum Gasteiger partial charge on any atom is 0.342 e. The van der Waals surface area contributed by atoms with Crippen LogP contribution in [-0.2, 0) is 16.0 Å². The fraction of sp³-hybridized carbons (Fsp3) is 0.438. The number of benzene rings is 1. The molecule has 2 heterocycles. The molecule has 0 saturated carbocycles. The van der Waals surface area contributed by atoms with Crippen molar-refractivity contribution in [3.8, 4) is 0 Å². The lowest BCUT2D eigenvalue weighted by molar-refractivity contribution is -0.922. The summed E-state index contributed by atoms with van der Waals surface area (Å²) in [5.41, 5.74) is -1.24. The average molecular weight is 362 g/mol. The van der Waals surface area contributed by atoms with E-state index in [-0.39, 0.29) is 18.9 Å². The van der Waals surface area contributed by atoms with E-state index >= 15 is 0 Å². The largest absolute Gasteiger partial charge is 0.462 e. The van der Waals surface area contributed by atoms with Crippen LogP contribution in [0.1, 0.15) is 23.0 Å². The number of furan rings is 1. The van der Waals surface area contributed by atoms with E-state index in [9.17, 15) is 22.4 Å². The normalized spacial score (nSPS) is 15.7. The van der Waals surface area contributed by atoms with E-state index in [2.05, 4.69) is 0 Å². The highest BCUT2D eigenvalue weighted by molar-refractivity contribution is 6.05. The lowest BCUT2D eigenvalue weighted by Gasteiger charge is -2.23. The first-order valence-corrected chi connectivity index (χ1v) is 7.81. The molecule has 0 bridgehead atoms. The molecule has 2 aromatic rings. The van der Waals surface area contributed by atoms with Crippen LogP contribution in [0.25, 0.3) is 11.0 Å². The smallest absolute Gasteiger partial charge is 0.342 e. The van der Waals surface area contributed by atoms with Gasteiger partial charge in [-0.2, -0.15) is 4.39 Å². The fourth-order valence-corrected chi connectivity index (χ4v) is 2.85. The average Bonchev–Trinajstić information content (AvgIpc) is 2.98. The SMILES string of the molecule is CCOC(=O)c1c(C[NH+]2CCOCC2)oc2c(F)c(F)c(F)c(F)c12. The van der Waals surface area contributed by atoms with Crippen molar-refractivity contribution in [1.29, 1.82) is 0 Å². The third-order valence-corrected chi connectivity index (χ3v) is 4.07. The van der Waals surface area contributed by atoms with Crippen LogP contribution in [0.2, 0.25) is 0 Å². The van der Waals surface area contributed by atoms with Gasteiger partial charge in [0.2, 0.25) is 11.6 Å². The quantitative estimate of drug-likeness (QED) is 0.388. The molecule has 25 heavy (non-hydrogen) atoms. The van der Waals surface area contributed by atoms with Crippen LogP contribution in [0.3, 0.4) is 0 Å². The standard InChI is InChI=1S/C16H15F4NO4/c1-2-24-16(22)9-8(7-21-3-5-23-6-4-21)25-15-10(9)11(17)12(18)13(19)14(15)20/h2-7H2,1H3/p+1. The van der Waals surface area contributed by atoms with Crippen molar-refractivity contribution in [2.75, 3.05) is 32.9 Å². The summed E-state index contributed by atoms with van der Waals surface area (Å²) < 4.78 is 70.6. The second kappa shape index (κ2) is 7.01. The Morgan fingerprint density at radius 3 is 2.36 bits per heavy atom. The molecule has 9 heteroatoms. The molecule has 5 nitrogen and oxygen atoms in total. The third-order valence-electron chi connectivity index (χ3n) is 4.07. The summed E-state index contributed by atoms with van der Waals surface area (Å²) in [6.45, 7) is 3.76. The van der Waals surface area contributed by atoms with E-state index in [1.807, 2.05) is 0 Å². The predicted octanol–water partition coefficient (Wildman–Crippen LogP) is 1.58. The number of carbonyl (C=O) groups excluding carboxylic acids is 1. The maximum absolute atomic E-state index is 14.2. The molecule has 0 aliphatic carbocycles. The van der Waals surface area contributed by atoms with Gasteiger partial charge in [-0.25, -0.2) is 18.0 Å². The molecule has 1 N–H and O–H groups in total. The summed E-state index contributed by atoms with van der Waals surface area (Å²) >= 11 is 0. The first kappa shape index (κ1) is 17.7. The van der Waals surface area contributed by atoms with Crippen molar-refractivity contribution in [2.45, 2.75) is 13.5 Å². The number of quaternary nitrogens is 1. The molecule has 136 valence electrons. The second-order valence-corrected chi connectivity index (χ2v) is 5.62. The summed E-state index contributed by atoms with van der Waals surface area (Å²) in [5.74, 6) is -8.39. The Kier molecular flexibility index (Phi) is 4.96. The summed E-state index contributed by atoms with van der Waals surface area (Å²) in [7, 11) is 0. The van der Waals surface area contributed by atoms with Gasteiger partial charge < -0.3 is 18.8 Å². The minimum absolute atomic E-state index is 0.0247. The van der Waals surface area contributed by atoms with Crippen LogP contribution in [0.4, 0.5) is 17.6 Å². The number of nitrogens with one attached hydrogen (secondary N) is 1. The maximum atomic E-state index is 14.2. The van der Waals surface area contributed by atoms with Gasteiger partial charge in [0.25, 0.3) is 0 Å². The van der Waals surface area contributed by atoms with Crippen LogP contribution >= 0.6 is 0 Å². The molecule has 0 amide bonds. The van der Waals surface area contributed by atoms with Gasteiger partial charge in [0.15, 0.2) is 23.0 Å². The molecular weight excluding hydrogens is 346 g/mol. The Morgan fingerprint density at radius 1 is 1.08 bits per heavy atom. The minimum Gasteiger partial charge on any atom is -0.462 e. The summed E-state index contributed by atoms with van der Waals surface area (Å²) in [5, 5.41) is -0.738. The molecule has 1 fully saturated rings. The number of ether oxygens (including phenoxy) is 2. The van der Waals surface area contributed by atoms with Gasteiger partial charge in [0, 0.05) is 0 Å². The van der Waals surface area contributed by atoms with Crippen LogP contribution < -0.4 is 4.90 Å². The van der Waals surface area contributed by atoms with Gasteiger partial charge in [-0.05, 0) is 6.92 Å². The van der Waals surface area contributed by atoms with E-state index in [0.717, 1.165) is 4.90 Å². The number of morpholine rings is 1. The Balaban J connectivity index is 2.17. The number of esters is 1. The Hall–Kier alpha value is -2.13. The first-order valence-electron chi connectivity index (χ1n) is 7.81. The molecule has 0 atom stereocenters. The summed E-state index contributed by atoms with van der Waals surface area (Å²) in [6.07, 6.45) is 0. The topological polar surface area (TPSA) is 53.1 Å². The van der Waals surface area contributed by atoms with E-state index in [4.69, 9.17) is 13.9 Å². The molecule has 3 rings (SSSR count). The van der Waals surface area contributed by atoms with Gasteiger partial charge >= 0.3 is 5.97 Å². The molecule has 1 aliphatic heterocycles. The first-order chi connectivity index (χ1) is 12.0. The van der Waals surface area contributed by atoms with Crippen LogP contribution in [0.5, 0.6) is 0 Å². The van der Waals surface area contributed by atoms with Gasteiger partial charge in [-0.1, -0.05) is 0 Å². The van der Waals surface area contributed by atoms with Crippen molar-refractivity contribution in [3.63, 3.8) is 0 Å². The Morgan fingerprint density at radius 2 is 1.72 bits per heavy atom. The number of rotatable bonds is 4. The highest BCUT2D eigenvalue weighted by atomic mass is 19.2. The minimum atomic E-state index is -2.00. The Bertz CT molecular complexity index is 815. The van der Waals surface area contributed by atoms with Crippen molar-refractivity contribution in [3.05, 3.63) is 34.6 Å². The highest BCUT2D eigenvalue weighted by Crippen LogP contribution is 2.34. The molecule has 1 aromatic carbocycles. The van der Waals surface area contributed by atoms with Crippen molar-refractivity contribution in [2.24, 2.45) is 0 Å². The molecule has 1 aromatic heterocycles. The Labute approximate surface area is 140 Å². The van der Waals surface area contributed by atoms with Crippen molar-refractivity contribution < 1.29 is 41.1 Å². The van der Waals surface area contributed by atoms with E-state index < -0.39 is 45.8 Å². The van der Waals surface area contributed by atoms with Gasteiger partial charge in [-0.15, -0.1) is 0 Å². The zero-order valence-corrected chi connectivity index (χ0v) is 13.4. The number of halogens is 4. The number of carbonyl (C=O) groups is 1. The van der Waals surface area contributed by atoms with Gasteiger partial charge in [-0.3, -0.25) is 0 Å². The van der Waals surface area contributed by atoms with E-state index in [1.165, 1.54) is 6.92 Å². The van der Waals surface area contributed by atoms with Crippen LogP contribution in [-0.4, -0.2) is 38.9 Å². The molecule has 1 saturated heterocycles. The highest BCUT2D eigenvalue weighted by Gasteiger charge is 2.33. The second-order valence-electron chi connectivity index (χ2n) is 5.62. The van der Waals surface area contributed by atoms with Gasteiger partial charge in [0.1, 0.15) is 25.2 Å². The monoisotopic (exact) mass is 362 g/mol. The lowest BCUT2D eigenvalue weighted by atomic mass is 10.1. The number of hydrogen-bond donors (Lipinski definition) is 1. The zero-order chi connectivity index (χ0) is 18.1. The van der Waals surface area contributed by atoms with Gasteiger partial charge in [0.05, 0.1) is 25.2 Å². The van der Waals surface area contributed by atoms with E-state index in [0.29, 0.717) is 26.3 Å². The predicted molar refractivity (Wildman–Crippen MR) is 77.2 cm³/mol. The summed E-state index contributed by atoms with van der Waals surface area (Å²) in [4.78, 5) is 13.2. The lowest BCUT2D eigenvalue weighted by Crippen LogP contribution is -3.12. The molecule has 0 unspecified atom stereocenters. The molecule has 1 aliphatic rings. The molecule has 0 radical (unpaired) electrons. The fourth-order valence-electron chi connectivity index (χ4n) is 2.85. The van der Waals surface area contributed by atoms with E-state index in [1.54, 1.807) is 0 Å². The third kappa shape index (κ3) is 3.09. The zero-order valence-electron chi connectivity index (χ0n) is 13.4.